The molecule has 34 heavy (non-hydrogen) atoms. The van der Waals surface area contributed by atoms with Gasteiger partial charge in [-0.25, -0.2) is 8.42 Å². The number of nitrogens with one attached hydrogen (secondary N) is 1. The summed E-state index contributed by atoms with van der Waals surface area (Å²) in [5.41, 5.74) is 6.34. The highest BCUT2D eigenvalue weighted by Gasteiger charge is 2.42. The Morgan fingerprint density at radius 2 is 1.79 bits per heavy atom. The number of carbonyl (C=O) groups excluding carboxylic acids is 1. The molecule has 2 saturated heterocycles. The van der Waals surface area contributed by atoms with Gasteiger partial charge in [-0.05, 0) is 55.7 Å². The number of hydrogen-bond donors (Lipinski definition) is 1. The van der Waals surface area contributed by atoms with Crippen LogP contribution in [0, 0.1) is 20.8 Å². The zero-order valence-corrected chi connectivity index (χ0v) is 21.4. The quantitative estimate of drug-likeness (QED) is 0.700. The summed E-state index contributed by atoms with van der Waals surface area (Å²) >= 11 is 1.49. The largest absolute Gasteiger partial charge is 0.368 e. The molecule has 1 N–H and O–H groups in total. The van der Waals surface area contributed by atoms with Crippen molar-refractivity contribution in [2.24, 2.45) is 4.99 Å². The number of aryl methyl sites for hydroxylation is 2. The maximum atomic E-state index is 13.3. The minimum atomic E-state index is -2.98. The van der Waals surface area contributed by atoms with E-state index >= 15 is 0 Å². The summed E-state index contributed by atoms with van der Waals surface area (Å²) in [6.07, 6.45) is 0. The van der Waals surface area contributed by atoms with Crippen LogP contribution in [0.1, 0.15) is 27.0 Å². The average Bonchev–Trinajstić information content (AvgIpc) is 3.29. The van der Waals surface area contributed by atoms with Crippen molar-refractivity contribution in [3.05, 3.63) is 58.7 Å². The maximum Gasteiger partial charge on any atom is 0.254 e. The number of sulfone groups is 1. The summed E-state index contributed by atoms with van der Waals surface area (Å²) < 4.78 is 23.6. The molecule has 7 nitrogen and oxygen atoms in total. The predicted octanol–water partition coefficient (Wildman–Crippen LogP) is 3.25. The molecule has 0 radical (unpaired) electrons. The van der Waals surface area contributed by atoms with Crippen molar-refractivity contribution in [3.8, 4) is 0 Å². The number of aliphatic imine (C=N–C) groups is 1. The molecule has 3 aliphatic heterocycles. The number of nitrogens with zero attached hydrogens (tertiary/aromatic N) is 3. The lowest BCUT2D eigenvalue weighted by Gasteiger charge is -2.37. The van der Waals surface area contributed by atoms with Gasteiger partial charge in [0, 0.05) is 48.4 Å². The van der Waals surface area contributed by atoms with Crippen LogP contribution in [0.5, 0.6) is 0 Å². The van der Waals surface area contributed by atoms with Gasteiger partial charge in [-0.1, -0.05) is 30.0 Å². The van der Waals surface area contributed by atoms with Gasteiger partial charge in [0.15, 0.2) is 15.0 Å². The Balaban J connectivity index is 1.25. The van der Waals surface area contributed by atoms with Crippen LogP contribution in [0.25, 0.3) is 0 Å². The Kier molecular flexibility index (Phi) is 6.10. The zero-order valence-electron chi connectivity index (χ0n) is 19.7. The van der Waals surface area contributed by atoms with Crippen LogP contribution in [-0.2, 0) is 9.84 Å². The first-order valence-corrected chi connectivity index (χ1v) is 14.3. The van der Waals surface area contributed by atoms with E-state index in [2.05, 4.69) is 47.3 Å². The first-order chi connectivity index (χ1) is 16.2. The summed E-state index contributed by atoms with van der Waals surface area (Å²) in [6.45, 7) is 9.27. The van der Waals surface area contributed by atoms with Crippen LogP contribution in [0.2, 0.25) is 0 Å². The molecular formula is C25H30N4O3S2. The molecule has 2 aromatic rings. The van der Waals surface area contributed by atoms with Gasteiger partial charge in [0.05, 0.1) is 17.5 Å². The molecule has 0 saturated carbocycles. The first kappa shape index (κ1) is 23.2. The van der Waals surface area contributed by atoms with Crippen molar-refractivity contribution in [2.75, 3.05) is 47.9 Å². The van der Waals surface area contributed by atoms with Crippen molar-refractivity contribution in [1.82, 2.24) is 4.90 Å². The van der Waals surface area contributed by atoms with Crippen LogP contribution in [0.15, 0.2) is 41.4 Å². The van der Waals surface area contributed by atoms with E-state index in [9.17, 15) is 13.2 Å². The van der Waals surface area contributed by atoms with Gasteiger partial charge < -0.3 is 15.1 Å². The van der Waals surface area contributed by atoms with E-state index in [-0.39, 0.29) is 28.7 Å². The molecule has 2 atom stereocenters. The number of anilines is 2. The number of thioether (sulfide) groups is 1. The molecule has 0 aliphatic carbocycles. The van der Waals surface area contributed by atoms with Crippen molar-refractivity contribution < 1.29 is 13.2 Å². The van der Waals surface area contributed by atoms with E-state index in [4.69, 9.17) is 0 Å². The molecule has 2 aromatic carbocycles. The fourth-order valence-corrected chi connectivity index (χ4v) is 8.50. The number of hydrogen-bond acceptors (Lipinski definition) is 7. The number of rotatable bonds is 3. The van der Waals surface area contributed by atoms with Crippen LogP contribution < -0.4 is 10.2 Å². The van der Waals surface area contributed by atoms with E-state index in [1.54, 1.807) is 0 Å². The minimum absolute atomic E-state index is 0.00837. The third kappa shape index (κ3) is 4.55. The lowest BCUT2D eigenvalue weighted by molar-refractivity contribution is 0.0747. The number of amides is 1. The summed E-state index contributed by atoms with van der Waals surface area (Å²) in [6, 6.07) is 11.9. The molecular weight excluding hydrogens is 468 g/mol. The Hall–Kier alpha value is -2.52. The van der Waals surface area contributed by atoms with Crippen LogP contribution in [-0.4, -0.2) is 73.4 Å². The van der Waals surface area contributed by atoms with Crippen molar-refractivity contribution in [2.45, 2.75) is 32.1 Å². The molecule has 3 aliphatic rings. The maximum absolute atomic E-state index is 13.3. The Morgan fingerprint density at radius 3 is 2.53 bits per heavy atom. The molecule has 0 spiro atoms. The van der Waals surface area contributed by atoms with Gasteiger partial charge in [-0.3, -0.25) is 9.79 Å². The molecule has 180 valence electrons. The van der Waals surface area contributed by atoms with E-state index in [1.165, 1.54) is 28.6 Å². The zero-order chi connectivity index (χ0) is 24.0. The second-order valence-corrected chi connectivity index (χ2v) is 12.8. The third-order valence-electron chi connectivity index (χ3n) is 7.03. The van der Waals surface area contributed by atoms with E-state index in [1.807, 2.05) is 30.0 Å². The molecule has 9 heteroatoms. The van der Waals surface area contributed by atoms with E-state index in [0.717, 1.165) is 29.5 Å². The highest BCUT2D eigenvalue weighted by atomic mass is 32.2. The second kappa shape index (κ2) is 8.92. The summed E-state index contributed by atoms with van der Waals surface area (Å²) in [7, 11) is -2.98. The normalized spacial score (nSPS) is 23.6. The van der Waals surface area contributed by atoms with E-state index in [0.29, 0.717) is 18.7 Å². The average molecular weight is 499 g/mol. The number of benzene rings is 2. The van der Waals surface area contributed by atoms with Gasteiger partial charge in [-0.2, -0.15) is 0 Å². The molecule has 3 heterocycles. The molecule has 5 rings (SSSR count). The minimum Gasteiger partial charge on any atom is -0.368 e. The van der Waals surface area contributed by atoms with Gasteiger partial charge in [0.1, 0.15) is 0 Å². The van der Waals surface area contributed by atoms with Crippen molar-refractivity contribution >= 4 is 44.0 Å². The summed E-state index contributed by atoms with van der Waals surface area (Å²) in [5, 5.41) is 4.07. The highest BCUT2D eigenvalue weighted by Crippen LogP contribution is 2.35. The fourth-order valence-electron chi connectivity index (χ4n) is 4.83. The lowest BCUT2D eigenvalue weighted by Crippen LogP contribution is -2.49. The number of carbonyl (C=O) groups is 1. The molecule has 0 unspecified atom stereocenters. The molecule has 0 aromatic heterocycles. The van der Waals surface area contributed by atoms with Crippen LogP contribution in [0.4, 0.5) is 11.4 Å². The monoisotopic (exact) mass is 498 g/mol. The first-order valence-electron chi connectivity index (χ1n) is 11.6. The number of piperazine rings is 1. The van der Waals surface area contributed by atoms with Gasteiger partial charge in [0.2, 0.25) is 0 Å². The van der Waals surface area contributed by atoms with Gasteiger partial charge in [-0.15, -0.1) is 0 Å². The number of fused-ring (bicyclic) bond motifs is 1. The van der Waals surface area contributed by atoms with Crippen LogP contribution >= 0.6 is 11.8 Å². The topological polar surface area (TPSA) is 82.1 Å². The Bertz CT molecular complexity index is 1270. The summed E-state index contributed by atoms with van der Waals surface area (Å²) in [5.74, 6) is 0.344. The van der Waals surface area contributed by atoms with Gasteiger partial charge in [0.25, 0.3) is 5.91 Å². The molecule has 1 amide bonds. The summed E-state index contributed by atoms with van der Waals surface area (Å²) in [4.78, 5) is 22.1. The molecule has 0 bridgehead atoms. The van der Waals surface area contributed by atoms with E-state index < -0.39 is 9.84 Å². The SMILES string of the molecule is Cc1ccc(C(=O)N2CCN(c3cccc(C)c3C)CC2)cc1NC1=N[C@H]2CS(=O)(=O)C[C@@H]2S1. The Morgan fingerprint density at radius 1 is 1.03 bits per heavy atom. The Labute approximate surface area is 205 Å². The predicted molar refractivity (Wildman–Crippen MR) is 140 cm³/mol. The second-order valence-electron chi connectivity index (χ2n) is 9.39. The fraction of sp³-hybridized carbons (Fsp3) is 0.440. The smallest absolute Gasteiger partial charge is 0.254 e. The lowest BCUT2D eigenvalue weighted by atomic mass is 10.1. The third-order valence-corrected chi connectivity index (χ3v) is 10.2. The molecule has 2 fully saturated rings. The van der Waals surface area contributed by atoms with Crippen molar-refractivity contribution in [1.29, 1.82) is 0 Å². The number of amidine groups is 1. The standard InChI is InChI=1S/C25H30N4O3S2/c1-16-5-4-6-22(18(16)3)28-9-11-29(12-10-28)24(30)19-8-7-17(2)20(13-19)26-25-27-21-14-34(31,32)15-23(21)33-25/h4-8,13,21,23H,9-12,14-15H2,1-3H3,(H,26,27)/t21-,23-/m0/s1. The van der Waals surface area contributed by atoms with Crippen LogP contribution in [0.3, 0.4) is 0 Å². The van der Waals surface area contributed by atoms with Crippen molar-refractivity contribution in [3.63, 3.8) is 0 Å². The highest BCUT2D eigenvalue weighted by molar-refractivity contribution is 8.15. The van der Waals surface area contributed by atoms with Gasteiger partial charge >= 0.3 is 0 Å².